The summed E-state index contributed by atoms with van der Waals surface area (Å²) in [6.45, 7) is 6.56. The zero-order valence-corrected chi connectivity index (χ0v) is 10.4. The Morgan fingerprint density at radius 2 is 1.81 bits per heavy atom. The Morgan fingerprint density at radius 3 is 2.25 bits per heavy atom. The van der Waals surface area contributed by atoms with E-state index in [9.17, 15) is 5.11 Å². The van der Waals surface area contributed by atoms with Crippen LogP contribution in [0.1, 0.15) is 41.1 Å². The Balaban J connectivity index is 2.28. The molecule has 2 N–H and O–H groups in total. The topological polar surface area (TPSA) is 32.3 Å². The SMILES string of the molecule is Cc1cc(C)c(C(CO)NC2CC2)c(C)c1. The van der Waals surface area contributed by atoms with Crippen LogP contribution in [0.4, 0.5) is 0 Å². The van der Waals surface area contributed by atoms with Crippen LogP contribution < -0.4 is 5.32 Å². The van der Waals surface area contributed by atoms with E-state index in [0.717, 1.165) is 0 Å². The van der Waals surface area contributed by atoms with Crippen LogP contribution >= 0.6 is 0 Å². The molecule has 1 aliphatic rings. The molecule has 1 unspecified atom stereocenters. The first kappa shape index (κ1) is 11.6. The lowest BCUT2D eigenvalue weighted by Gasteiger charge is -2.21. The lowest BCUT2D eigenvalue weighted by molar-refractivity contribution is 0.242. The number of hydrogen-bond donors (Lipinski definition) is 2. The third-order valence-electron chi connectivity index (χ3n) is 3.28. The van der Waals surface area contributed by atoms with Crippen molar-refractivity contribution >= 4 is 0 Å². The van der Waals surface area contributed by atoms with Crippen LogP contribution in [0.15, 0.2) is 12.1 Å². The summed E-state index contributed by atoms with van der Waals surface area (Å²) >= 11 is 0. The predicted octanol–water partition coefficient (Wildman–Crippen LogP) is 2.40. The molecule has 2 rings (SSSR count). The molecule has 1 aromatic carbocycles. The Morgan fingerprint density at radius 1 is 1.25 bits per heavy atom. The molecule has 0 saturated heterocycles. The van der Waals surface area contributed by atoms with Crippen molar-refractivity contribution < 1.29 is 5.11 Å². The molecule has 0 aromatic heterocycles. The van der Waals surface area contributed by atoms with E-state index in [1.54, 1.807) is 0 Å². The molecule has 0 spiro atoms. The lowest BCUT2D eigenvalue weighted by Crippen LogP contribution is -2.27. The normalized spacial score (nSPS) is 17.5. The van der Waals surface area contributed by atoms with Crippen molar-refractivity contribution in [3.8, 4) is 0 Å². The Hall–Kier alpha value is -0.860. The Bertz CT molecular complexity index is 359. The molecule has 1 atom stereocenters. The molecule has 88 valence electrons. The summed E-state index contributed by atoms with van der Waals surface area (Å²) in [7, 11) is 0. The van der Waals surface area contributed by atoms with Gasteiger partial charge in [-0.15, -0.1) is 0 Å². The second-order valence-electron chi connectivity index (χ2n) is 4.99. The maximum atomic E-state index is 9.51. The second kappa shape index (κ2) is 4.56. The highest BCUT2D eigenvalue weighted by atomic mass is 16.3. The van der Waals surface area contributed by atoms with Gasteiger partial charge in [-0.3, -0.25) is 0 Å². The second-order valence-corrected chi connectivity index (χ2v) is 4.99. The number of benzene rings is 1. The summed E-state index contributed by atoms with van der Waals surface area (Å²) in [5.41, 5.74) is 5.14. The van der Waals surface area contributed by atoms with E-state index in [2.05, 4.69) is 38.2 Å². The summed E-state index contributed by atoms with van der Waals surface area (Å²) in [6.07, 6.45) is 2.50. The molecule has 16 heavy (non-hydrogen) atoms. The first-order chi connectivity index (χ1) is 7.61. The molecule has 1 saturated carbocycles. The van der Waals surface area contributed by atoms with E-state index < -0.39 is 0 Å². The van der Waals surface area contributed by atoms with Gasteiger partial charge in [-0.05, 0) is 50.3 Å². The van der Waals surface area contributed by atoms with Gasteiger partial charge in [0.2, 0.25) is 0 Å². The fourth-order valence-electron chi connectivity index (χ4n) is 2.50. The molecule has 0 aliphatic heterocycles. The largest absolute Gasteiger partial charge is 0.394 e. The minimum atomic E-state index is 0.105. The van der Waals surface area contributed by atoms with Crippen molar-refractivity contribution in [2.45, 2.75) is 45.7 Å². The zero-order chi connectivity index (χ0) is 11.7. The van der Waals surface area contributed by atoms with Crippen LogP contribution in [0.3, 0.4) is 0 Å². The average molecular weight is 219 g/mol. The van der Waals surface area contributed by atoms with E-state index in [-0.39, 0.29) is 12.6 Å². The quantitative estimate of drug-likeness (QED) is 0.815. The van der Waals surface area contributed by atoms with Gasteiger partial charge < -0.3 is 10.4 Å². The van der Waals surface area contributed by atoms with Crippen molar-refractivity contribution in [3.63, 3.8) is 0 Å². The smallest absolute Gasteiger partial charge is 0.0626 e. The summed E-state index contributed by atoms with van der Waals surface area (Å²) < 4.78 is 0. The molecule has 0 radical (unpaired) electrons. The van der Waals surface area contributed by atoms with Gasteiger partial charge in [0.25, 0.3) is 0 Å². The summed E-state index contributed by atoms with van der Waals surface area (Å²) in [5.74, 6) is 0. The Labute approximate surface area is 97.7 Å². The van der Waals surface area contributed by atoms with Crippen molar-refractivity contribution in [2.24, 2.45) is 0 Å². The van der Waals surface area contributed by atoms with Crippen molar-refractivity contribution in [1.82, 2.24) is 5.32 Å². The van der Waals surface area contributed by atoms with Gasteiger partial charge in [0.1, 0.15) is 0 Å². The van der Waals surface area contributed by atoms with Gasteiger partial charge in [-0.25, -0.2) is 0 Å². The van der Waals surface area contributed by atoms with Gasteiger partial charge in [0.15, 0.2) is 0 Å². The van der Waals surface area contributed by atoms with E-state index in [1.807, 2.05) is 0 Å². The number of aryl methyl sites for hydroxylation is 3. The molecule has 2 nitrogen and oxygen atoms in total. The van der Waals surface area contributed by atoms with E-state index >= 15 is 0 Å². The maximum Gasteiger partial charge on any atom is 0.0626 e. The zero-order valence-electron chi connectivity index (χ0n) is 10.4. The fourth-order valence-corrected chi connectivity index (χ4v) is 2.50. The van der Waals surface area contributed by atoms with Gasteiger partial charge >= 0.3 is 0 Å². The highest BCUT2D eigenvalue weighted by Gasteiger charge is 2.26. The lowest BCUT2D eigenvalue weighted by atomic mass is 9.94. The molecule has 0 amide bonds. The summed E-state index contributed by atoms with van der Waals surface area (Å²) in [6, 6.07) is 5.12. The number of nitrogens with one attached hydrogen (secondary N) is 1. The highest BCUT2D eigenvalue weighted by molar-refractivity contribution is 5.39. The van der Waals surface area contributed by atoms with Crippen LogP contribution in [0.5, 0.6) is 0 Å². The van der Waals surface area contributed by atoms with Crippen LogP contribution in [-0.4, -0.2) is 17.8 Å². The number of aliphatic hydroxyl groups excluding tert-OH is 1. The van der Waals surface area contributed by atoms with Crippen molar-refractivity contribution in [2.75, 3.05) is 6.61 Å². The summed E-state index contributed by atoms with van der Waals surface area (Å²) in [4.78, 5) is 0. The molecule has 1 fully saturated rings. The van der Waals surface area contributed by atoms with Crippen LogP contribution in [0.2, 0.25) is 0 Å². The van der Waals surface area contributed by atoms with Gasteiger partial charge in [0.05, 0.1) is 12.6 Å². The van der Waals surface area contributed by atoms with Crippen molar-refractivity contribution in [1.29, 1.82) is 0 Å². The van der Waals surface area contributed by atoms with Crippen LogP contribution in [0, 0.1) is 20.8 Å². The monoisotopic (exact) mass is 219 g/mol. The van der Waals surface area contributed by atoms with Gasteiger partial charge in [-0.2, -0.15) is 0 Å². The minimum absolute atomic E-state index is 0.105. The number of aliphatic hydroxyl groups is 1. The summed E-state index contributed by atoms with van der Waals surface area (Å²) in [5, 5.41) is 13.0. The predicted molar refractivity (Wildman–Crippen MR) is 66.6 cm³/mol. The molecule has 1 aliphatic carbocycles. The standard InChI is InChI=1S/C14H21NO/c1-9-6-10(2)14(11(3)7-9)13(8-16)15-12-4-5-12/h6-7,12-13,15-16H,4-5,8H2,1-3H3. The maximum absolute atomic E-state index is 9.51. The molecule has 1 aromatic rings. The molecule has 2 heteroatoms. The molecular weight excluding hydrogens is 198 g/mol. The van der Waals surface area contributed by atoms with Crippen molar-refractivity contribution in [3.05, 3.63) is 34.4 Å². The first-order valence-corrected chi connectivity index (χ1v) is 6.06. The van der Waals surface area contributed by atoms with E-state index in [0.29, 0.717) is 6.04 Å². The van der Waals surface area contributed by atoms with E-state index in [4.69, 9.17) is 0 Å². The third kappa shape index (κ3) is 2.45. The number of rotatable bonds is 4. The first-order valence-electron chi connectivity index (χ1n) is 6.06. The van der Waals surface area contributed by atoms with E-state index in [1.165, 1.54) is 35.1 Å². The Kier molecular flexibility index (Phi) is 3.31. The average Bonchev–Trinajstić information content (AvgIpc) is 2.98. The third-order valence-corrected chi connectivity index (χ3v) is 3.28. The van der Waals surface area contributed by atoms with Gasteiger partial charge in [-0.1, -0.05) is 17.7 Å². The van der Waals surface area contributed by atoms with Crippen LogP contribution in [-0.2, 0) is 0 Å². The fraction of sp³-hybridized carbons (Fsp3) is 0.571. The van der Waals surface area contributed by atoms with Crippen LogP contribution in [0.25, 0.3) is 0 Å². The molecular formula is C14H21NO. The molecule has 0 heterocycles. The minimum Gasteiger partial charge on any atom is -0.394 e. The highest BCUT2D eigenvalue weighted by Crippen LogP contribution is 2.28. The van der Waals surface area contributed by atoms with Gasteiger partial charge in [0, 0.05) is 6.04 Å². The molecule has 0 bridgehead atoms. The number of hydrogen-bond acceptors (Lipinski definition) is 2.